The number of hydrogen-bond donors (Lipinski definition) is 3. The van der Waals surface area contributed by atoms with Crippen LogP contribution < -0.4 is 5.32 Å². The maximum Gasteiger partial charge on any atom is 0.472 e. The van der Waals surface area contributed by atoms with E-state index in [1.54, 1.807) is 6.08 Å². The Morgan fingerprint density at radius 1 is 0.523 bits per heavy atom. The molecular weight excluding hydrogens is 828 g/mol. The van der Waals surface area contributed by atoms with E-state index in [2.05, 4.69) is 43.5 Å². The third-order valence-corrected chi connectivity index (χ3v) is 13.6. The van der Waals surface area contributed by atoms with Crippen molar-refractivity contribution in [3.8, 4) is 0 Å². The van der Waals surface area contributed by atoms with Crippen LogP contribution in [0.1, 0.15) is 264 Å². The summed E-state index contributed by atoms with van der Waals surface area (Å²) in [4.78, 5) is 23.3. The number of aliphatic hydroxyl groups excluding tert-OH is 1. The van der Waals surface area contributed by atoms with Crippen molar-refractivity contribution in [2.45, 2.75) is 276 Å². The molecule has 0 aromatic carbocycles. The van der Waals surface area contributed by atoms with Crippen LogP contribution in [-0.4, -0.2) is 73.4 Å². The number of nitrogens with zero attached hydrogens (tertiary/aromatic N) is 1. The number of rotatable bonds is 51. The van der Waals surface area contributed by atoms with Gasteiger partial charge in [0.05, 0.1) is 39.9 Å². The Labute approximate surface area is 404 Å². The molecule has 0 spiro atoms. The van der Waals surface area contributed by atoms with E-state index in [9.17, 15) is 19.4 Å². The number of nitrogens with one attached hydrogen (secondary N) is 1. The van der Waals surface area contributed by atoms with Gasteiger partial charge in [-0.1, -0.05) is 243 Å². The molecule has 384 valence electrons. The van der Waals surface area contributed by atoms with Crippen LogP contribution in [0, 0.1) is 0 Å². The van der Waals surface area contributed by atoms with Gasteiger partial charge in [0.15, 0.2) is 0 Å². The van der Waals surface area contributed by atoms with Crippen molar-refractivity contribution in [3.05, 3.63) is 36.5 Å². The number of aliphatic hydroxyl groups is 1. The molecule has 1 amide bonds. The smallest absolute Gasteiger partial charge is 0.387 e. The molecule has 0 aliphatic rings. The SMILES string of the molecule is CCCCCCCCCCC/C=C\C/C=C\CCCCCCCCCC(=O)NC(COP(=O)(O)OCC[N+](C)(C)C)C(O)/C=C/CCCCCCCCCCCCCCCCCCCC. The zero-order valence-corrected chi connectivity index (χ0v) is 44.6. The predicted molar refractivity (Wildman–Crippen MR) is 281 cm³/mol. The minimum Gasteiger partial charge on any atom is -0.387 e. The zero-order chi connectivity index (χ0) is 47.8. The molecule has 0 radical (unpaired) electrons. The van der Waals surface area contributed by atoms with Gasteiger partial charge in [0, 0.05) is 6.42 Å². The van der Waals surface area contributed by atoms with E-state index in [-0.39, 0.29) is 19.1 Å². The molecule has 0 aliphatic carbocycles. The number of likely N-dealkylation sites (N-methyl/N-ethyl adjacent to an activating group) is 1. The minimum atomic E-state index is -4.35. The highest BCUT2D eigenvalue weighted by Crippen LogP contribution is 2.43. The van der Waals surface area contributed by atoms with Crippen molar-refractivity contribution >= 4 is 13.7 Å². The third kappa shape index (κ3) is 50.4. The Bertz CT molecular complexity index is 1150. The third-order valence-electron chi connectivity index (χ3n) is 12.6. The van der Waals surface area contributed by atoms with Crippen LogP contribution in [0.2, 0.25) is 0 Å². The number of amides is 1. The summed E-state index contributed by atoms with van der Waals surface area (Å²) in [6.07, 6.45) is 60.9. The molecule has 0 saturated carbocycles. The fraction of sp³-hybridized carbons (Fsp3) is 0.875. The fourth-order valence-corrected chi connectivity index (χ4v) is 8.93. The van der Waals surface area contributed by atoms with Crippen molar-refractivity contribution in [1.29, 1.82) is 0 Å². The Kier molecular flexibility index (Phi) is 46.8. The number of allylic oxidation sites excluding steroid dienone is 5. The van der Waals surface area contributed by atoms with Gasteiger partial charge in [-0.05, 0) is 51.4 Å². The van der Waals surface area contributed by atoms with Gasteiger partial charge in [0.1, 0.15) is 13.2 Å². The molecular formula is C56H110N2O6P+. The predicted octanol–water partition coefficient (Wildman–Crippen LogP) is 16.6. The van der Waals surface area contributed by atoms with Crippen LogP contribution in [-0.2, 0) is 18.4 Å². The largest absolute Gasteiger partial charge is 0.472 e. The van der Waals surface area contributed by atoms with Gasteiger partial charge in [-0.3, -0.25) is 13.8 Å². The Morgan fingerprint density at radius 2 is 0.877 bits per heavy atom. The molecule has 3 N–H and O–H groups in total. The number of quaternary nitrogens is 1. The molecule has 0 bridgehead atoms. The summed E-state index contributed by atoms with van der Waals surface area (Å²) >= 11 is 0. The highest BCUT2D eigenvalue weighted by Gasteiger charge is 2.27. The first-order chi connectivity index (χ1) is 31.5. The Hall–Kier alpha value is -1.28. The standard InChI is InChI=1S/C56H109N2O6P/c1-6-8-10-12-14-16-18-20-22-24-26-28-29-30-32-34-36-38-40-42-44-46-48-50-56(60)57-54(53-64-65(61,62)63-52-51-58(3,4)5)55(59)49-47-45-43-41-39-37-35-33-31-27-25-23-21-19-17-15-13-11-9-7-2/h26,28,30,32,47,49,54-55,59H,6-25,27,29,31,33-46,48,50-53H2,1-5H3,(H-,57,60,61,62)/p+1/b28-26-,32-30-,49-47+. The highest BCUT2D eigenvalue weighted by molar-refractivity contribution is 7.47. The van der Waals surface area contributed by atoms with Gasteiger partial charge in [0.2, 0.25) is 5.91 Å². The lowest BCUT2D eigenvalue weighted by atomic mass is 10.0. The molecule has 0 fully saturated rings. The fourth-order valence-electron chi connectivity index (χ4n) is 8.19. The maximum atomic E-state index is 13.0. The second kappa shape index (κ2) is 47.8. The molecule has 3 atom stereocenters. The maximum absolute atomic E-state index is 13.0. The van der Waals surface area contributed by atoms with Crippen LogP contribution in [0.3, 0.4) is 0 Å². The molecule has 0 saturated heterocycles. The average Bonchev–Trinajstić information content (AvgIpc) is 3.26. The first kappa shape index (κ1) is 63.7. The summed E-state index contributed by atoms with van der Waals surface area (Å²) in [7, 11) is 1.57. The normalized spacial score (nSPS) is 14.3. The van der Waals surface area contributed by atoms with Crippen molar-refractivity contribution in [2.24, 2.45) is 0 Å². The first-order valence-corrected chi connectivity index (χ1v) is 29.4. The summed E-state index contributed by atoms with van der Waals surface area (Å²) in [6.45, 7) is 4.84. The zero-order valence-electron chi connectivity index (χ0n) is 43.7. The van der Waals surface area contributed by atoms with Crippen LogP contribution in [0.5, 0.6) is 0 Å². The van der Waals surface area contributed by atoms with Crippen molar-refractivity contribution in [1.82, 2.24) is 5.32 Å². The molecule has 0 aromatic heterocycles. The summed E-state index contributed by atoms with van der Waals surface area (Å²) in [6, 6.07) is -0.851. The van der Waals surface area contributed by atoms with Crippen LogP contribution in [0.4, 0.5) is 0 Å². The second-order valence-corrected chi connectivity index (χ2v) is 21.8. The molecule has 9 heteroatoms. The van der Waals surface area contributed by atoms with Crippen molar-refractivity contribution < 1.29 is 32.9 Å². The van der Waals surface area contributed by atoms with Gasteiger partial charge in [0.25, 0.3) is 0 Å². The second-order valence-electron chi connectivity index (χ2n) is 20.3. The van der Waals surface area contributed by atoms with Gasteiger partial charge in [-0.2, -0.15) is 0 Å². The molecule has 8 nitrogen and oxygen atoms in total. The Balaban J connectivity index is 4.27. The molecule has 0 rings (SSSR count). The van der Waals surface area contributed by atoms with E-state index in [0.717, 1.165) is 51.4 Å². The lowest BCUT2D eigenvalue weighted by Crippen LogP contribution is -2.45. The molecule has 3 unspecified atom stereocenters. The molecule has 0 heterocycles. The van der Waals surface area contributed by atoms with Gasteiger partial charge in [-0.15, -0.1) is 0 Å². The monoisotopic (exact) mass is 938 g/mol. The molecule has 65 heavy (non-hydrogen) atoms. The van der Waals surface area contributed by atoms with Gasteiger partial charge < -0.3 is 19.8 Å². The van der Waals surface area contributed by atoms with E-state index in [1.165, 1.54) is 193 Å². The lowest BCUT2D eigenvalue weighted by Gasteiger charge is -2.25. The summed E-state index contributed by atoms with van der Waals surface area (Å²) in [5.41, 5.74) is 0. The summed E-state index contributed by atoms with van der Waals surface area (Å²) < 4.78 is 23.7. The molecule has 0 aromatic rings. The topological polar surface area (TPSA) is 105 Å². The van der Waals surface area contributed by atoms with Gasteiger partial charge >= 0.3 is 7.82 Å². The summed E-state index contributed by atoms with van der Waals surface area (Å²) in [5.74, 6) is -0.182. The number of phosphoric ester groups is 1. The van der Waals surface area contributed by atoms with E-state index in [0.29, 0.717) is 17.4 Å². The van der Waals surface area contributed by atoms with Crippen LogP contribution in [0.25, 0.3) is 0 Å². The van der Waals surface area contributed by atoms with Crippen molar-refractivity contribution in [2.75, 3.05) is 40.9 Å². The van der Waals surface area contributed by atoms with E-state index in [1.807, 2.05) is 27.2 Å². The van der Waals surface area contributed by atoms with Gasteiger partial charge in [-0.25, -0.2) is 4.57 Å². The number of carbonyl (C=O) groups excluding carboxylic acids is 1. The quantitative estimate of drug-likeness (QED) is 0.0243. The first-order valence-electron chi connectivity index (χ1n) is 27.9. The van der Waals surface area contributed by atoms with E-state index in [4.69, 9.17) is 9.05 Å². The van der Waals surface area contributed by atoms with E-state index >= 15 is 0 Å². The minimum absolute atomic E-state index is 0.0601. The van der Waals surface area contributed by atoms with Crippen LogP contribution in [0.15, 0.2) is 36.5 Å². The van der Waals surface area contributed by atoms with E-state index < -0.39 is 20.0 Å². The van der Waals surface area contributed by atoms with Crippen molar-refractivity contribution in [3.63, 3.8) is 0 Å². The average molecular weight is 938 g/mol. The number of carbonyl (C=O) groups is 1. The highest BCUT2D eigenvalue weighted by atomic mass is 31.2. The molecule has 0 aliphatic heterocycles. The summed E-state index contributed by atoms with van der Waals surface area (Å²) in [5, 5.41) is 13.9. The lowest BCUT2D eigenvalue weighted by molar-refractivity contribution is -0.870. The number of phosphoric acid groups is 1. The Morgan fingerprint density at radius 3 is 1.26 bits per heavy atom. The number of hydrogen-bond acceptors (Lipinski definition) is 5. The van der Waals surface area contributed by atoms with Crippen LogP contribution >= 0.6 is 7.82 Å². The number of unbranched alkanes of at least 4 members (excludes halogenated alkanes) is 34.